The molecule has 0 aliphatic heterocycles. The Morgan fingerprint density at radius 3 is 2.58 bits per heavy atom. The van der Waals surface area contributed by atoms with E-state index >= 15 is 0 Å². The first-order chi connectivity index (χ1) is 8.97. The van der Waals surface area contributed by atoms with E-state index < -0.39 is 5.97 Å². The molecule has 1 aromatic heterocycles. The average Bonchev–Trinajstić information content (AvgIpc) is 2.73. The van der Waals surface area contributed by atoms with Crippen molar-refractivity contribution in [3.8, 4) is 5.69 Å². The molecule has 2 rings (SSSR count). The molecule has 0 aliphatic rings. The van der Waals surface area contributed by atoms with E-state index in [2.05, 4.69) is 42.2 Å². The minimum absolute atomic E-state index is 0.0505. The Morgan fingerprint density at radius 2 is 2.00 bits per heavy atom. The molecular weight excluding hydrogens is 378 g/mol. The van der Waals surface area contributed by atoms with Gasteiger partial charge in [0.05, 0.1) is 24.0 Å². The monoisotopic (exact) mass is 387 g/mol. The molecule has 7 heteroatoms. The molecule has 1 aromatic carbocycles. The number of carboxylic acids is 1. The topological polar surface area (TPSA) is 68.0 Å². The molecule has 1 N–H and O–H groups in total. The van der Waals surface area contributed by atoms with Crippen LogP contribution in [0.15, 0.2) is 27.3 Å². The van der Waals surface area contributed by atoms with E-state index in [4.69, 9.17) is 5.11 Å². The Hall–Kier alpha value is -1.21. The summed E-state index contributed by atoms with van der Waals surface area (Å²) in [5.74, 6) is -0.841. The van der Waals surface area contributed by atoms with Crippen LogP contribution in [0.4, 0.5) is 0 Å². The van der Waals surface area contributed by atoms with Gasteiger partial charge in [0.1, 0.15) is 0 Å². The van der Waals surface area contributed by atoms with Crippen LogP contribution in [0.5, 0.6) is 0 Å². The second kappa shape index (κ2) is 5.83. The van der Waals surface area contributed by atoms with Gasteiger partial charge in [0.15, 0.2) is 0 Å². The summed E-state index contributed by atoms with van der Waals surface area (Å²) >= 11 is 6.99. The van der Waals surface area contributed by atoms with E-state index in [9.17, 15) is 4.79 Å². The molecule has 0 bridgehead atoms. The molecule has 100 valence electrons. The first-order valence-corrected chi connectivity index (χ1v) is 7.15. The Bertz CT molecular complexity index is 602. The minimum Gasteiger partial charge on any atom is -0.481 e. The van der Waals surface area contributed by atoms with Crippen molar-refractivity contribution in [3.63, 3.8) is 0 Å². The molecule has 0 radical (unpaired) electrons. The smallest absolute Gasteiger partial charge is 0.303 e. The van der Waals surface area contributed by atoms with Gasteiger partial charge in [-0.15, -0.1) is 5.10 Å². The molecule has 1 heterocycles. The fourth-order valence-electron chi connectivity index (χ4n) is 1.67. The number of halogens is 2. The first-order valence-electron chi connectivity index (χ1n) is 5.56. The van der Waals surface area contributed by atoms with E-state index in [1.54, 1.807) is 10.9 Å². The van der Waals surface area contributed by atoms with Crippen molar-refractivity contribution >= 4 is 37.8 Å². The Morgan fingerprint density at radius 1 is 1.37 bits per heavy atom. The van der Waals surface area contributed by atoms with Gasteiger partial charge in [-0.05, 0) is 56.5 Å². The number of aryl methyl sites for hydroxylation is 2. The van der Waals surface area contributed by atoms with Crippen molar-refractivity contribution in [3.05, 3.63) is 38.5 Å². The molecule has 0 spiro atoms. The zero-order valence-electron chi connectivity index (χ0n) is 10.1. The van der Waals surface area contributed by atoms with E-state index in [0.717, 1.165) is 20.2 Å². The largest absolute Gasteiger partial charge is 0.481 e. The van der Waals surface area contributed by atoms with Crippen molar-refractivity contribution in [2.45, 2.75) is 19.8 Å². The van der Waals surface area contributed by atoms with Crippen molar-refractivity contribution in [1.82, 2.24) is 15.0 Å². The Kier molecular flexibility index (Phi) is 4.36. The number of hydrogen-bond donors (Lipinski definition) is 1. The number of nitrogens with zero attached hydrogens (tertiary/aromatic N) is 3. The van der Waals surface area contributed by atoms with Gasteiger partial charge in [0, 0.05) is 15.4 Å². The number of aromatic nitrogens is 3. The maximum atomic E-state index is 10.5. The highest BCUT2D eigenvalue weighted by molar-refractivity contribution is 9.11. The zero-order valence-corrected chi connectivity index (χ0v) is 13.3. The predicted octanol–water partition coefficient (Wildman–Crippen LogP) is 3.12. The average molecular weight is 389 g/mol. The van der Waals surface area contributed by atoms with Crippen molar-refractivity contribution in [1.29, 1.82) is 0 Å². The molecule has 0 amide bonds. The maximum Gasteiger partial charge on any atom is 0.303 e. The third-order valence-corrected chi connectivity index (χ3v) is 3.74. The number of carbonyl (C=O) groups is 1. The van der Waals surface area contributed by atoms with Crippen molar-refractivity contribution in [2.75, 3.05) is 0 Å². The summed E-state index contributed by atoms with van der Waals surface area (Å²) in [7, 11) is 0. The van der Waals surface area contributed by atoms with E-state index in [-0.39, 0.29) is 6.42 Å². The van der Waals surface area contributed by atoms with Crippen LogP contribution in [0.3, 0.4) is 0 Å². The third kappa shape index (κ3) is 3.42. The molecule has 0 atom stereocenters. The summed E-state index contributed by atoms with van der Waals surface area (Å²) in [6, 6.07) is 3.97. The van der Waals surface area contributed by atoms with Gasteiger partial charge < -0.3 is 5.11 Å². The first kappa shape index (κ1) is 14.2. The highest BCUT2D eigenvalue weighted by Crippen LogP contribution is 2.30. The Labute approximate surface area is 126 Å². The van der Waals surface area contributed by atoms with Gasteiger partial charge in [0.25, 0.3) is 0 Å². The number of rotatable bonds is 4. The van der Waals surface area contributed by atoms with E-state index in [1.165, 1.54) is 0 Å². The van der Waals surface area contributed by atoms with Gasteiger partial charge in [-0.2, -0.15) is 0 Å². The number of benzene rings is 1. The molecule has 0 saturated heterocycles. The van der Waals surface area contributed by atoms with Gasteiger partial charge in [-0.25, -0.2) is 4.68 Å². The number of hydrogen-bond acceptors (Lipinski definition) is 3. The molecular formula is C12H11Br2N3O2. The molecule has 0 saturated carbocycles. The number of aliphatic carboxylic acids is 1. The lowest BCUT2D eigenvalue weighted by Gasteiger charge is -2.07. The van der Waals surface area contributed by atoms with E-state index in [0.29, 0.717) is 12.1 Å². The van der Waals surface area contributed by atoms with Gasteiger partial charge in [-0.3, -0.25) is 4.79 Å². The molecule has 0 unspecified atom stereocenters. The van der Waals surface area contributed by atoms with Crippen LogP contribution in [-0.4, -0.2) is 26.1 Å². The molecule has 5 nitrogen and oxygen atoms in total. The quantitative estimate of drug-likeness (QED) is 0.873. The summed E-state index contributed by atoms with van der Waals surface area (Å²) in [5.41, 5.74) is 2.62. The SMILES string of the molecule is Cc1cc(Br)c(-n2cc(CCC(=O)O)nn2)c(Br)c1. The molecule has 19 heavy (non-hydrogen) atoms. The van der Waals surface area contributed by atoms with Crippen molar-refractivity contribution < 1.29 is 9.90 Å². The highest BCUT2D eigenvalue weighted by Gasteiger charge is 2.11. The standard InChI is InChI=1S/C12H11Br2N3O2/c1-7-4-9(13)12(10(14)5-7)17-6-8(15-16-17)2-3-11(18)19/h4-6H,2-3H2,1H3,(H,18,19). The lowest BCUT2D eigenvalue weighted by molar-refractivity contribution is -0.136. The fraction of sp³-hybridized carbons (Fsp3) is 0.250. The van der Waals surface area contributed by atoms with E-state index in [1.807, 2.05) is 19.1 Å². The molecule has 0 aliphatic carbocycles. The lowest BCUT2D eigenvalue weighted by atomic mass is 10.2. The van der Waals surface area contributed by atoms with Crippen LogP contribution in [0, 0.1) is 6.92 Å². The second-order valence-electron chi connectivity index (χ2n) is 4.13. The summed E-state index contributed by atoms with van der Waals surface area (Å²) in [4.78, 5) is 10.5. The van der Waals surface area contributed by atoms with Crippen LogP contribution < -0.4 is 0 Å². The fourth-order valence-corrected chi connectivity index (χ4v) is 3.45. The molecule has 0 fully saturated rings. The summed E-state index contributed by atoms with van der Waals surface area (Å²) in [5, 5.41) is 16.7. The van der Waals surface area contributed by atoms with Crippen LogP contribution in [0.25, 0.3) is 5.69 Å². The van der Waals surface area contributed by atoms with Crippen LogP contribution in [0.2, 0.25) is 0 Å². The van der Waals surface area contributed by atoms with Crippen LogP contribution in [0.1, 0.15) is 17.7 Å². The predicted molar refractivity (Wildman–Crippen MR) is 77.5 cm³/mol. The van der Waals surface area contributed by atoms with Crippen molar-refractivity contribution in [2.24, 2.45) is 0 Å². The Balaban J connectivity index is 2.30. The van der Waals surface area contributed by atoms with Gasteiger partial charge in [-0.1, -0.05) is 5.21 Å². The number of carboxylic acid groups (broad SMARTS) is 1. The second-order valence-corrected chi connectivity index (χ2v) is 5.83. The normalized spacial score (nSPS) is 10.7. The minimum atomic E-state index is -0.841. The zero-order chi connectivity index (χ0) is 14.0. The lowest BCUT2D eigenvalue weighted by Crippen LogP contribution is -1.98. The van der Waals surface area contributed by atoms with Gasteiger partial charge in [0.2, 0.25) is 0 Å². The molecule has 2 aromatic rings. The summed E-state index contributed by atoms with van der Waals surface area (Å²) < 4.78 is 3.42. The van der Waals surface area contributed by atoms with Crippen LogP contribution >= 0.6 is 31.9 Å². The van der Waals surface area contributed by atoms with Gasteiger partial charge >= 0.3 is 5.97 Å². The summed E-state index contributed by atoms with van der Waals surface area (Å²) in [6.45, 7) is 2.00. The summed E-state index contributed by atoms with van der Waals surface area (Å²) in [6.07, 6.45) is 2.16. The van der Waals surface area contributed by atoms with Crippen LogP contribution in [-0.2, 0) is 11.2 Å². The maximum absolute atomic E-state index is 10.5. The third-order valence-electron chi connectivity index (χ3n) is 2.53. The highest BCUT2D eigenvalue weighted by atomic mass is 79.9.